The largest absolute Gasteiger partial charge is 0.497 e. The van der Waals surface area contributed by atoms with Crippen LogP contribution in [0.3, 0.4) is 0 Å². The van der Waals surface area contributed by atoms with Crippen LogP contribution >= 0.6 is 0 Å². The molecule has 1 N–H and O–H groups in total. The van der Waals surface area contributed by atoms with E-state index in [1.807, 2.05) is 36.4 Å². The standard InChI is InChI=1S/C26H26N2O6/c1-31-22-10-8-18(24(13-22)32-2)14-28-15-19-12-20(9-11-23(19)34-17-26(28)30)27-25(29)16-33-21-6-4-3-5-7-21/h3-13H,14-17H2,1-2H3,(H,27,29). The van der Waals surface area contributed by atoms with Crippen LogP contribution in [0, 0.1) is 0 Å². The Balaban J connectivity index is 1.45. The van der Waals surface area contributed by atoms with Gasteiger partial charge in [0.25, 0.3) is 11.8 Å². The number of rotatable bonds is 8. The number of carbonyl (C=O) groups is 2. The van der Waals surface area contributed by atoms with Crippen LogP contribution in [0.25, 0.3) is 0 Å². The summed E-state index contributed by atoms with van der Waals surface area (Å²) < 4.78 is 21.9. The molecular weight excluding hydrogens is 436 g/mol. The maximum Gasteiger partial charge on any atom is 0.262 e. The minimum absolute atomic E-state index is 0.0674. The van der Waals surface area contributed by atoms with Gasteiger partial charge in [0.1, 0.15) is 23.0 Å². The van der Waals surface area contributed by atoms with Crippen molar-refractivity contribution in [1.29, 1.82) is 0 Å². The van der Waals surface area contributed by atoms with E-state index in [1.54, 1.807) is 49.5 Å². The van der Waals surface area contributed by atoms with Crippen molar-refractivity contribution in [3.05, 3.63) is 77.9 Å². The van der Waals surface area contributed by atoms with Crippen molar-refractivity contribution < 1.29 is 28.5 Å². The summed E-state index contributed by atoms with van der Waals surface area (Å²) in [6, 6.07) is 19.9. The number of fused-ring (bicyclic) bond motifs is 1. The van der Waals surface area contributed by atoms with E-state index in [0.29, 0.717) is 41.8 Å². The molecule has 8 heteroatoms. The lowest BCUT2D eigenvalue weighted by molar-refractivity contribution is -0.133. The molecule has 0 unspecified atom stereocenters. The Hall–Kier alpha value is -4.20. The molecule has 1 aliphatic rings. The topological polar surface area (TPSA) is 86.3 Å². The lowest BCUT2D eigenvalue weighted by Gasteiger charge is -2.22. The van der Waals surface area contributed by atoms with Gasteiger partial charge >= 0.3 is 0 Å². The Bertz CT molecular complexity index is 1170. The number of anilines is 1. The van der Waals surface area contributed by atoms with Gasteiger partial charge in [-0.3, -0.25) is 9.59 Å². The number of benzene rings is 3. The van der Waals surface area contributed by atoms with Crippen LogP contribution in [0.2, 0.25) is 0 Å². The molecule has 0 atom stereocenters. The highest BCUT2D eigenvalue weighted by molar-refractivity contribution is 5.92. The molecule has 0 saturated heterocycles. The van der Waals surface area contributed by atoms with Gasteiger partial charge in [-0.1, -0.05) is 18.2 Å². The molecule has 1 aliphatic heterocycles. The zero-order valence-corrected chi connectivity index (χ0v) is 19.1. The van der Waals surface area contributed by atoms with Gasteiger partial charge in [0.05, 0.1) is 14.2 Å². The molecule has 2 amide bonds. The van der Waals surface area contributed by atoms with E-state index in [0.717, 1.165) is 11.1 Å². The predicted octanol–water partition coefficient (Wildman–Crippen LogP) is 3.64. The van der Waals surface area contributed by atoms with Gasteiger partial charge in [-0.05, 0) is 42.5 Å². The van der Waals surface area contributed by atoms with Gasteiger partial charge in [-0.15, -0.1) is 0 Å². The van der Waals surface area contributed by atoms with Crippen molar-refractivity contribution in [2.45, 2.75) is 13.1 Å². The van der Waals surface area contributed by atoms with Crippen LogP contribution in [0.15, 0.2) is 66.7 Å². The monoisotopic (exact) mass is 462 g/mol. The van der Waals surface area contributed by atoms with Crippen molar-refractivity contribution in [3.8, 4) is 23.0 Å². The first kappa shape index (κ1) is 23.0. The van der Waals surface area contributed by atoms with Crippen LogP contribution < -0.4 is 24.3 Å². The Morgan fingerprint density at radius 1 is 1.00 bits per heavy atom. The van der Waals surface area contributed by atoms with Gasteiger partial charge in [0.2, 0.25) is 0 Å². The second-order valence-corrected chi connectivity index (χ2v) is 7.69. The maximum atomic E-state index is 12.7. The number of hydrogen-bond donors (Lipinski definition) is 1. The molecule has 8 nitrogen and oxygen atoms in total. The highest BCUT2D eigenvalue weighted by atomic mass is 16.5. The van der Waals surface area contributed by atoms with E-state index < -0.39 is 0 Å². The molecule has 0 radical (unpaired) electrons. The van der Waals surface area contributed by atoms with Gasteiger partial charge < -0.3 is 29.2 Å². The molecule has 0 saturated carbocycles. The number of para-hydroxylation sites is 1. The minimum atomic E-state index is -0.283. The summed E-state index contributed by atoms with van der Waals surface area (Å²) in [4.78, 5) is 26.8. The zero-order valence-electron chi connectivity index (χ0n) is 19.1. The molecule has 3 aromatic rings. The fraction of sp³-hybridized carbons (Fsp3) is 0.231. The second kappa shape index (κ2) is 10.6. The number of nitrogens with one attached hydrogen (secondary N) is 1. The molecule has 0 bridgehead atoms. The van der Waals surface area contributed by atoms with Crippen molar-refractivity contribution in [1.82, 2.24) is 4.90 Å². The molecule has 34 heavy (non-hydrogen) atoms. The Labute approximate surface area is 198 Å². The lowest BCUT2D eigenvalue weighted by atomic mass is 10.1. The average Bonchev–Trinajstić information content (AvgIpc) is 3.02. The van der Waals surface area contributed by atoms with Crippen LogP contribution in [-0.2, 0) is 22.7 Å². The fourth-order valence-electron chi connectivity index (χ4n) is 3.64. The molecular formula is C26H26N2O6. The van der Waals surface area contributed by atoms with Crippen LogP contribution in [0.5, 0.6) is 23.0 Å². The van der Waals surface area contributed by atoms with E-state index in [4.69, 9.17) is 18.9 Å². The van der Waals surface area contributed by atoms with Gasteiger partial charge in [-0.2, -0.15) is 0 Å². The SMILES string of the molecule is COc1ccc(CN2Cc3cc(NC(=O)COc4ccccc4)ccc3OCC2=O)c(OC)c1. The van der Waals surface area contributed by atoms with Crippen molar-refractivity contribution in [2.75, 3.05) is 32.8 Å². The van der Waals surface area contributed by atoms with Crippen molar-refractivity contribution in [2.24, 2.45) is 0 Å². The molecule has 0 fully saturated rings. The number of hydrogen-bond acceptors (Lipinski definition) is 6. The number of carbonyl (C=O) groups excluding carboxylic acids is 2. The minimum Gasteiger partial charge on any atom is -0.497 e. The molecule has 1 heterocycles. The summed E-state index contributed by atoms with van der Waals surface area (Å²) >= 11 is 0. The zero-order chi connectivity index (χ0) is 23.9. The molecule has 176 valence electrons. The Morgan fingerprint density at radius 2 is 1.82 bits per heavy atom. The third-order valence-corrected chi connectivity index (χ3v) is 5.38. The summed E-state index contributed by atoms with van der Waals surface area (Å²) in [5, 5.41) is 2.83. The highest BCUT2D eigenvalue weighted by Crippen LogP contribution is 2.30. The van der Waals surface area contributed by atoms with Crippen LogP contribution in [0.1, 0.15) is 11.1 Å². The first-order chi connectivity index (χ1) is 16.6. The highest BCUT2D eigenvalue weighted by Gasteiger charge is 2.23. The normalized spacial score (nSPS) is 12.8. The van der Waals surface area contributed by atoms with E-state index in [2.05, 4.69) is 5.32 Å². The summed E-state index contributed by atoms with van der Waals surface area (Å²) in [7, 11) is 3.17. The van der Waals surface area contributed by atoms with Gasteiger partial charge in [0.15, 0.2) is 13.2 Å². The average molecular weight is 463 g/mol. The third kappa shape index (κ3) is 5.58. The predicted molar refractivity (Wildman–Crippen MR) is 126 cm³/mol. The summed E-state index contributed by atoms with van der Waals surface area (Å²) in [6.07, 6.45) is 0. The molecule has 0 spiro atoms. The van der Waals surface area contributed by atoms with Gasteiger partial charge in [-0.25, -0.2) is 0 Å². The lowest BCUT2D eigenvalue weighted by Crippen LogP contribution is -2.32. The van der Waals surface area contributed by atoms with E-state index in [-0.39, 0.29) is 25.0 Å². The van der Waals surface area contributed by atoms with E-state index in [9.17, 15) is 9.59 Å². The summed E-state index contributed by atoms with van der Waals surface area (Å²) in [6.45, 7) is 0.492. The third-order valence-electron chi connectivity index (χ3n) is 5.38. The Morgan fingerprint density at radius 3 is 2.59 bits per heavy atom. The smallest absolute Gasteiger partial charge is 0.262 e. The van der Waals surface area contributed by atoms with Crippen LogP contribution in [0.4, 0.5) is 5.69 Å². The van der Waals surface area contributed by atoms with Crippen LogP contribution in [-0.4, -0.2) is 44.1 Å². The number of ether oxygens (including phenoxy) is 4. The number of methoxy groups -OCH3 is 2. The molecule has 0 aromatic heterocycles. The van der Waals surface area contributed by atoms with Crippen molar-refractivity contribution in [3.63, 3.8) is 0 Å². The van der Waals surface area contributed by atoms with Crippen molar-refractivity contribution >= 4 is 17.5 Å². The number of amides is 2. The summed E-state index contributed by atoms with van der Waals surface area (Å²) in [5.74, 6) is 2.11. The second-order valence-electron chi connectivity index (χ2n) is 7.69. The maximum absolute atomic E-state index is 12.7. The van der Waals surface area contributed by atoms with Gasteiger partial charge in [0, 0.05) is 36.0 Å². The van der Waals surface area contributed by atoms with E-state index in [1.165, 1.54) is 0 Å². The first-order valence-electron chi connectivity index (χ1n) is 10.8. The first-order valence-corrected chi connectivity index (χ1v) is 10.8. The fourth-order valence-corrected chi connectivity index (χ4v) is 3.64. The quantitative estimate of drug-likeness (QED) is 0.550. The Kier molecular flexibility index (Phi) is 7.17. The van der Waals surface area contributed by atoms with E-state index >= 15 is 0 Å². The molecule has 4 rings (SSSR count). The number of nitrogens with zero attached hydrogens (tertiary/aromatic N) is 1. The molecule has 3 aromatic carbocycles. The molecule has 0 aliphatic carbocycles. The summed E-state index contributed by atoms with van der Waals surface area (Å²) in [5.41, 5.74) is 2.24.